The molecule has 4 aliphatic rings. The Labute approximate surface area is 343 Å². The summed E-state index contributed by atoms with van der Waals surface area (Å²) in [5, 5.41) is 0. The molecule has 2 aliphatic heterocycles. The first-order valence-corrected chi connectivity index (χ1v) is 20.3. The van der Waals surface area contributed by atoms with Gasteiger partial charge in [0.1, 0.15) is 23.0 Å². The number of hydrogen-bond donors (Lipinski definition) is 0. The molecule has 2 aliphatic carbocycles. The van der Waals surface area contributed by atoms with Gasteiger partial charge in [-0.2, -0.15) is 0 Å². The maximum Gasteiger partial charge on any atom is 0.132 e. The minimum atomic E-state index is -0.579. The summed E-state index contributed by atoms with van der Waals surface area (Å²) in [5.41, 5.74) is 16.6. The Kier molecular flexibility index (Phi) is 6.58. The Bertz CT molecular complexity index is 2910. The van der Waals surface area contributed by atoms with Crippen LogP contribution in [0.5, 0.6) is 23.0 Å². The van der Waals surface area contributed by atoms with Gasteiger partial charge in [-0.3, -0.25) is 0 Å². The van der Waals surface area contributed by atoms with E-state index in [9.17, 15) is 0 Å². The molecular weight excluding hydrogens is 719 g/mol. The van der Waals surface area contributed by atoms with Crippen molar-refractivity contribution in [2.45, 2.75) is 10.8 Å². The monoisotopic (exact) mass is 753 g/mol. The summed E-state index contributed by atoms with van der Waals surface area (Å²) in [6.07, 6.45) is 0. The molecule has 0 amide bonds. The van der Waals surface area contributed by atoms with Crippen molar-refractivity contribution in [1.29, 1.82) is 0 Å². The van der Waals surface area contributed by atoms with E-state index in [-0.39, 0.29) is 0 Å². The minimum Gasteiger partial charge on any atom is -0.457 e. The van der Waals surface area contributed by atoms with Gasteiger partial charge in [0.2, 0.25) is 0 Å². The number of para-hydroxylation sites is 3. The molecule has 0 fully saturated rings. The molecular formula is C56H35NO2. The van der Waals surface area contributed by atoms with Gasteiger partial charge >= 0.3 is 0 Å². The number of nitrogens with zero attached hydrogens (tertiary/aromatic N) is 1. The van der Waals surface area contributed by atoms with Crippen molar-refractivity contribution in [3.05, 3.63) is 257 Å². The van der Waals surface area contributed by atoms with Crippen LogP contribution < -0.4 is 14.4 Å². The molecule has 0 unspecified atom stereocenters. The second kappa shape index (κ2) is 12.0. The Morgan fingerprint density at radius 3 is 0.983 bits per heavy atom. The van der Waals surface area contributed by atoms with E-state index in [4.69, 9.17) is 9.47 Å². The molecule has 0 radical (unpaired) electrons. The van der Waals surface area contributed by atoms with E-state index in [2.05, 4.69) is 217 Å². The van der Waals surface area contributed by atoms with Crippen LogP contribution in [0, 0.1) is 0 Å². The van der Waals surface area contributed by atoms with Crippen LogP contribution in [0.2, 0.25) is 0 Å². The van der Waals surface area contributed by atoms with Crippen LogP contribution in [0.4, 0.5) is 17.1 Å². The first kappa shape index (κ1) is 32.5. The van der Waals surface area contributed by atoms with Crippen LogP contribution in [0.1, 0.15) is 44.5 Å². The van der Waals surface area contributed by atoms with Gasteiger partial charge in [0, 0.05) is 39.3 Å². The summed E-state index contributed by atoms with van der Waals surface area (Å²) < 4.78 is 13.7. The summed E-state index contributed by atoms with van der Waals surface area (Å²) in [6, 6.07) is 77.0. The highest BCUT2D eigenvalue weighted by Gasteiger charge is 2.53. The first-order valence-electron chi connectivity index (χ1n) is 20.3. The first-order chi connectivity index (χ1) is 29.3. The van der Waals surface area contributed by atoms with E-state index >= 15 is 0 Å². The lowest BCUT2D eigenvalue weighted by atomic mass is 9.66. The van der Waals surface area contributed by atoms with E-state index in [1.54, 1.807) is 0 Å². The molecule has 0 N–H and O–H groups in total. The maximum atomic E-state index is 6.84. The largest absolute Gasteiger partial charge is 0.457 e. The van der Waals surface area contributed by atoms with Gasteiger partial charge in [0.05, 0.1) is 10.8 Å². The number of fused-ring (bicyclic) bond motifs is 18. The molecule has 59 heavy (non-hydrogen) atoms. The summed E-state index contributed by atoms with van der Waals surface area (Å²) >= 11 is 0. The fourth-order valence-corrected chi connectivity index (χ4v) is 11.0. The van der Waals surface area contributed by atoms with E-state index in [0.29, 0.717) is 0 Å². The average molecular weight is 754 g/mol. The zero-order valence-electron chi connectivity index (χ0n) is 32.0. The quantitative estimate of drug-likeness (QED) is 0.179. The molecule has 276 valence electrons. The molecule has 3 nitrogen and oxygen atoms in total. The smallest absolute Gasteiger partial charge is 0.132 e. The minimum absolute atomic E-state index is 0.579. The van der Waals surface area contributed by atoms with Crippen molar-refractivity contribution < 1.29 is 9.47 Å². The number of rotatable bonds is 3. The standard InChI is InChI=1S/C56H35NO2/c1-2-16-36(17-3-1)57(37-30-32-53-49(34-37)55(47-26-12-14-28-51(47)58-53)43-22-8-4-18-39(43)40-19-5-9-23-44(40)55)38-31-33-54-50(35-38)56(48-27-13-15-29-52(48)59-54)45-24-10-6-20-41(45)42-21-7-11-25-46(42)56/h1-35H. The van der Waals surface area contributed by atoms with E-state index < -0.39 is 10.8 Å². The number of benzene rings is 9. The van der Waals surface area contributed by atoms with Crippen molar-refractivity contribution in [3.63, 3.8) is 0 Å². The zero-order chi connectivity index (χ0) is 38.7. The van der Waals surface area contributed by atoms with E-state index in [0.717, 1.165) is 62.3 Å². The second-order valence-electron chi connectivity index (χ2n) is 15.9. The molecule has 2 heterocycles. The lowest BCUT2D eigenvalue weighted by Gasteiger charge is -2.41. The summed E-state index contributed by atoms with van der Waals surface area (Å²) in [4.78, 5) is 2.39. The van der Waals surface area contributed by atoms with Crippen molar-refractivity contribution in [3.8, 4) is 45.3 Å². The molecule has 9 aromatic rings. The van der Waals surface area contributed by atoms with Crippen LogP contribution in [-0.2, 0) is 10.8 Å². The Hall–Kier alpha value is -7.62. The SMILES string of the molecule is c1ccc(N(c2ccc3c(c2)C2(c4ccccc4O3)c3ccccc3-c3ccccc32)c2ccc3c(c2)C2(c4ccccc4O3)c3ccccc3-c3ccccc32)cc1. The van der Waals surface area contributed by atoms with Crippen molar-refractivity contribution in [2.75, 3.05) is 4.90 Å². The van der Waals surface area contributed by atoms with Crippen LogP contribution in [0.25, 0.3) is 22.3 Å². The van der Waals surface area contributed by atoms with Gasteiger partial charge in [-0.15, -0.1) is 0 Å². The van der Waals surface area contributed by atoms with Crippen molar-refractivity contribution >= 4 is 17.1 Å². The van der Waals surface area contributed by atoms with Gasteiger partial charge in [-0.1, -0.05) is 152 Å². The molecule has 2 spiro atoms. The number of anilines is 3. The summed E-state index contributed by atoms with van der Waals surface area (Å²) in [6.45, 7) is 0. The fourth-order valence-electron chi connectivity index (χ4n) is 11.0. The highest BCUT2D eigenvalue weighted by atomic mass is 16.5. The molecule has 0 saturated heterocycles. The lowest BCUT2D eigenvalue weighted by Crippen LogP contribution is -2.32. The van der Waals surface area contributed by atoms with E-state index in [1.165, 1.54) is 44.5 Å². The predicted molar refractivity (Wildman–Crippen MR) is 236 cm³/mol. The Morgan fingerprint density at radius 1 is 0.254 bits per heavy atom. The summed E-state index contributed by atoms with van der Waals surface area (Å²) in [5.74, 6) is 3.49. The van der Waals surface area contributed by atoms with Crippen LogP contribution >= 0.6 is 0 Å². The molecule has 0 bridgehead atoms. The third-order valence-electron chi connectivity index (χ3n) is 13.2. The van der Waals surface area contributed by atoms with Crippen LogP contribution in [0.15, 0.2) is 212 Å². The summed E-state index contributed by atoms with van der Waals surface area (Å²) in [7, 11) is 0. The topological polar surface area (TPSA) is 21.7 Å². The zero-order valence-corrected chi connectivity index (χ0v) is 32.0. The van der Waals surface area contributed by atoms with E-state index in [1.807, 2.05) is 0 Å². The fraction of sp³-hybridized carbons (Fsp3) is 0.0357. The second-order valence-corrected chi connectivity index (χ2v) is 15.9. The normalized spacial score (nSPS) is 14.6. The Morgan fingerprint density at radius 2 is 0.576 bits per heavy atom. The van der Waals surface area contributed by atoms with Crippen LogP contribution in [-0.4, -0.2) is 0 Å². The Balaban J connectivity index is 1.08. The van der Waals surface area contributed by atoms with Crippen molar-refractivity contribution in [2.24, 2.45) is 0 Å². The molecule has 0 saturated carbocycles. The maximum absolute atomic E-state index is 6.84. The van der Waals surface area contributed by atoms with Gasteiger partial charge < -0.3 is 14.4 Å². The highest BCUT2D eigenvalue weighted by molar-refractivity contribution is 5.92. The average Bonchev–Trinajstić information content (AvgIpc) is 3.76. The third-order valence-corrected chi connectivity index (χ3v) is 13.2. The highest BCUT2D eigenvalue weighted by Crippen LogP contribution is 2.64. The number of hydrogen-bond acceptors (Lipinski definition) is 3. The third kappa shape index (κ3) is 4.16. The molecule has 13 rings (SSSR count). The van der Waals surface area contributed by atoms with Gasteiger partial charge in [0.25, 0.3) is 0 Å². The van der Waals surface area contributed by atoms with Crippen molar-refractivity contribution in [1.82, 2.24) is 0 Å². The van der Waals surface area contributed by atoms with Crippen LogP contribution in [0.3, 0.4) is 0 Å². The lowest BCUT2D eigenvalue weighted by molar-refractivity contribution is 0.436. The predicted octanol–water partition coefficient (Wildman–Crippen LogP) is 14.1. The van der Waals surface area contributed by atoms with Gasteiger partial charge in [-0.05, 0) is 105 Å². The number of ether oxygens (including phenoxy) is 2. The van der Waals surface area contributed by atoms with Gasteiger partial charge in [-0.25, -0.2) is 0 Å². The molecule has 3 heteroatoms. The van der Waals surface area contributed by atoms with Gasteiger partial charge in [0.15, 0.2) is 0 Å². The molecule has 9 aromatic carbocycles. The molecule has 0 atom stereocenters. The molecule has 0 aromatic heterocycles.